The summed E-state index contributed by atoms with van der Waals surface area (Å²) in [5.74, 6) is -1.16. The molecule has 28 heavy (non-hydrogen) atoms. The fourth-order valence-electron chi connectivity index (χ4n) is 4.34. The van der Waals surface area contributed by atoms with Gasteiger partial charge in [0.05, 0.1) is 17.7 Å². The molecule has 2 aliphatic heterocycles. The molecule has 4 amide bonds. The lowest BCUT2D eigenvalue weighted by Gasteiger charge is -2.27. The number of carbonyl (C=O) groups excluding carboxylic acids is 4. The van der Waals surface area contributed by atoms with Gasteiger partial charge in [-0.05, 0) is 37.3 Å². The molecule has 7 heteroatoms. The standard InChI is InChI=1S/C21H24N2O5/c24-17-11-10-15(19(25)22-17)23-20(26)14-8-5-9-16(18(14)21(23)27)28-12-13-6-3-1-2-4-7-13/h5,8-9,13,15H,1-4,6-7,10-12H2,(H,22,24,25). The zero-order chi connectivity index (χ0) is 19.7. The van der Waals surface area contributed by atoms with Crippen molar-refractivity contribution in [2.24, 2.45) is 5.92 Å². The molecule has 0 bridgehead atoms. The first-order valence-corrected chi connectivity index (χ1v) is 10.0. The summed E-state index contributed by atoms with van der Waals surface area (Å²) >= 11 is 0. The maximum Gasteiger partial charge on any atom is 0.266 e. The van der Waals surface area contributed by atoms with E-state index in [1.807, 2.05) is 0 Å². The third-order valence-electron chi connectivity index (χ3n) is 5.88. The number of imide groups is 2. The van der Waals surface area contributed by atoms with Gasteiger partial charge in [-0.2, -0.15) is 0 Å². The Bertz CT molecular complexity index is 826. The van der Waals surface area contributed by atoms with Crippen LogP contribution in [0.15, 0.2) is 18.2 Å². The highest BCUT2D eigenvalue weighted by molar-refractivity contribution is 6.24. The van der Waals surface area contributed by atoms with Gasteiger partial charge in [0.2, 0.25) is 11.8 Å². The zero-order valence-corrected chi connectivity index (χ0v) is 15.7. The molecule has 1 saturated carbocycles. The van der Waals surface area contributed by atoms with Gasteiger partial charge in [0.25, 0.3) is 11.8 Å². The molecule has 1 aromatic rings. The summed E-state index contributed by atoms with van der Waals surface area (Å²) in [5, 5.41) is 2.21. The van der Waals surface area contributed by atoms with E-state index < -0.39 is 23.8 Å². The van der Waals surface area contributed by atoms with Crippen molar-refractivity contribution >= 4 is 23.6 Å². The van der Waals surface area contributed by atoms with E-state index in [9.17, 15) is 19.2 Å². The van der Waals surface area contributed by atoms with E-state index in [0.29, 0.717) is 18.3 Å². The van der Waals surface area contributed by atoms with Crippen LogP contribution in [0.25, 0.3) is 0 Å². The number of amides is 4. The summed E-state index contributed by atoms with van der Waals surface area (Å²) in [6.07, 6.45) is 7.39. The van der Waals surface area contributed by atoms with Gasteiger partial charge in [-0.25, -0.2) is 0 Å². The molecule has 4 rings (SSSR count). The van der Waals surface area contributed by atoms with Crippen LogP contribution in [0, 0.1) is 5.92 Å². The van der Waals surface area contributed by atoms with Crippen LogP contribution >= 0.6 is 0 Å². The lowest BCUT2D eigenvalue weighted by Crippen LogP contribution is -2.54. The molecule has 1 aliphatic carbocycles. The summed E-state index contributed by atoms with van der Waals surface area (Å²) in [5.41, 5.74) is 0.485. The number of ether oxygens (including phenoxy) is 1. The summed E-state index contributed by atoms with van der Waals surface area (Å²) < 4.78 is 5.99. The zero-order valence-electron chi connectivity index (χ0n) is 15.7. The predicted molar refractivity (Wildman–Crippen MR) is 99.8 cm³/mol. The van der Waals surface area contributed by atoms with Crippen molar-refractivity contribution in [3.8, 4) is 5.75 Å². The van der Waals surface area contributed by atoms with E-state index in [-0.39, 0.29) is 29.9 Å². The summed E-state index contributed by atoms with van der Waals surface area (Å²) in [4.78, 5) is 50.4. The second-order valence-corrected chi connectivity index (χ2v) is 7.79. The minimum atomic E-state index is -0.959. The van der Waals surface area contributed by atoms with Crippen molar-refractivity contribution in [2.75, 3.05) is 6.61 Å². The van der Waals surface area contributed by atoms with Crippen molar-refractivity contribution in [1.29, 1.82) is 0 Å². The SMILES string of the molecule is O=C1CCC(N2C(=O)c3cccc(OCC4CCCCCC4)c3C2=O)C(=O)N1. The molecule has 3 aliphatic rings. The highest BCUT2D eigenvalue weighted by Gasteiger charge is 2.46. The smallest absolute Gasteiger partial charge is 0.266 e. The van der Waals surface area contributed by atoms with Gasteiger partial charge >= 0.3 is 0 Å². The van der Waals surface area contributed by atoms with Crippen LogP contribution in [0.3, 0.4) is 0 Å². The van der Waals surface area contributed by atoms with Crippen molar-refractivity contribution in [2.45, 2.75) is 57.4 Å². The molecule has 2 heterocycles. The average molecular weight is 384 g/mol. The maximum absolute atomic E-state index is 13.0. The van der Waals surface area contributed by atoms with Gasteiger partial charge in [-0.1, -0.05) is 31.7 Å². The Morgan fingerprint density at radius 2 is 1.71 bits per heavy atom. The number of nitrogens with one attached hydrogen (secondary N) is 1. The third-order valence-corrected chi connectivity index (χ3v) is 5.88. The van der Waals surface area contributed by atoms with E-state index in [1.165, 1.54) is 25.7 Å². The minimum Gasteiger partial charge on any atom is -0.492 e. The molecule has 1 unspecified atom stereocenters. The van der Waals surface area contributed by atoms with Crippen LogP contribution in [-0.4, -0.2) is 41.2 Å². The van der Waals surface area contributed by atoms with Gasteiger partial charge in [-0.3, -0.25) is 29.4 Å². The first-order chi connectivity index (χ1) is 13.6. The molecule has 1 saturated heterocycles. The Labute approximate surface area is 163 Å². The Morgan fingerprint density at radius 1 is 0.964 bits per heavy atom. The van der Waals surface area contributed by atoms with E-state index in [4.69, 9.17) is 4.74 Å². The average Bonchev–Trinajstić information content (AvgIpc) is 2.85. The number of hydrogen-bond acceptors (Lipinski definition) is 5. The molecule has 2 fully saturated rings. The Hall–Kier alpha value is -2.70. The fourth-order valence-corrected chi connectivity index (χ4v) is 4.34. The third kappa shape index (κ3) is 3.41. The first-order valence-electron chi connectivity index (χ1n) is 10.0. The van der Waals surface area contributed by atoms with E-state index in [2.05, 4.69) is 5.32 Å². The van der Waals surface area contributed by atoms with E-state index in [1.54, 1.807) is 18.2 Å². The van der Waals surface area contributed by atoms with Gasteiger partial charge in [0.1, 0.15) is 11.8 Å². The fraction of sp³-hybridized carbons (Fsp3) is 0.524. The monoisotopic (exact) mass is 384 g/mol. The largest absolute Gasteiger partial charge is 0.492 e. The topological polar surface area (TPSA) is 92.8 Å². The predicted octanol–water partition coefficient (Wildman–Crippen LogP) is 2.44. The van der Waals surface area contributed by atoms with Gasteiger partial charge in [-0.15, -0.1) is 0 Å². The molecule has 0 aromatic heterocycles. The van der Waals surface area contributed by atoms with Crippen LogP contribution in [-0.2, 0) is 9.59 Å². The molecule has 0 radical (unpaired) electrons. The normalized spacial score (nSPS) is 23.4. The number of carbonyl (C=O) groups is 4. The summed E-state index contributed by atoms with van der Waals surface area (Å²) in [6.45, 7) is 0.524. The second-order valence-electron chi connectivity index (χ2n) is 7.79. The minimum absolute atomic E-state index is 0.106. The van der Waals surface area contributed by atoms with Crippen molar-refractivity contribution < 1.29 is 23.9 Å². The van der Waals surface area contributed by atoms with Crippen LogP contribution in [0.4, 0.5) is 0 Å². The van der Waals surface area contributed by atoms with E-state index >= 15 is 0 Å². The molecule has 1 atom stereocenters. The molecule has 7 nitrogen and oxygen atoms in total. The summed E-state index contributed by atoms with van der Waals surface area (Å²) in [6, 6.07) is 4.02. The lowest BCUT2D eigenvalue weighted by molar-refractivity contribution is -0.136. The van der Waals surface area contributed by atoms with Crippen molar-refractivity contribution in [3.05, 3.63) is 29.3 Å². The van der Waals surface area contributed by atoms with Gasteiger partial charge in [0.15, 0.2) is 0 Å². The molecular formula is C21H24N2O5. The number of benzene rings is 1. The number of hydrogen-bond donors (Lipinski definition) is 1. The highest BCUT2D eigenvalue weighted by atomic mass is 16.5. The molecule has 1 N–H and O–H groups in total. The van der Waals surface area contributed by atoms with Crippen LogP contribution in [0.1, 0.15) is 72.1 Å². The Kier molecular flexibility index (Phi) is 5.15. The molecule has 0 spiro atoms. The molecule has 148 valence electrons. The maximum atomic E-state index is 13.0. The molecular weight excluding hydrogens is 360 g/mol. The van der Waals surface area contributed by atoms with Gasteiger partial charge in [0, 0.05) is 6.42 Å². The Balaban J connectivity index is 1.54. The van der Waals surface area contributed by atoms with Crippen molar-refractivity contribution in [1.82, 2.24) is 10.2 Å². The first kappa shape index (κ1) is 18.7. The van der Waals surface area contributed by atoms with Crippen LogP contribution in [0.5, 0.6) is 5.75 Å². The van der Waals surface area contributed by atoms with Crippen molar-refractivity contribution in [3.63, 3.8) is 0 Å². The number of fused-ring (bicyclic) bond motifs is 1. The Morgan fingerprint density at radius 3 is 2.43 bits per heavy atom. The number of rotatable bonds is 4. The van der Waals surface area contributed by atoms with E-state index in [0.717, 1.165) is 17.7 Å². The van der Waals surface area contributed by atoms with Crippen LogP contribution < -0.4 is 10.1 Å². The number of piperidine rings is 1. The lowest BCUT2D eigenvalue weighted by atomic mass is 10.0. The van der Waals surface area contributed by atoms with Gasteiger partial charge < -0.3 is 4.74 Å². The van der Waals surface area contributed by atoms with Crippen LogP contribution in [0.2, 0.25) is 0 Å². The highest BCUT2D eigenvalue weighted by Crippen LogP contribution is 2.34. The number of nitrogens with zero attached hydrogens (tertiary/aromatic N) is 1. The summed E-state index contributed by atoms with van der Waals surface area (Å²) in [7, 11) is 0. The second kappa shape index (κ2) is 7.73. The molecule has 1 aromatic carbocycles. The quantitative estimate of drug-likeness (QED) is 0.636.